The lowest BCUT2D eigenvalue weighted by Gasteiger charge is -2.12. The van der Waals surface area contributed by atoms with Crippen LogP contribution in [-0.2, 0) is 0 Å². The minimum atomic E-state index is -0.733. The maximum atomic E-state index is 12.3. The molecule has 0 bridgehead atoms. The Morgan fingerprint density at radius 2 is 1.48 bits per heavy atom. The van der Waals surface area contributed by atoms with Gasteiger partial charge in [-0.25, -0.2) is 4.79 Å². The Kier molecular flexibility index (Phi) is 5.52. The molecule has 2 aromatic carbocycles. The van der Waals surface area contributed by atoms with Gasteiger partial charge in [0.1, 0.15) is 0 Å². The molecule has 0 aromatic heterocycles. The summed E-state index contributed by atoms with van der Waals surface area (Å²) < 4.78 is 0. The zero-order valence-electron chi connectivity index (χ0n) is 12.3. The van der Waals surface area contributed by atoms with Crippen LogP contribution in [0.3, 0.4) is 0 Å². The topological polar surface area (TPSA) is 58.2 Å². The van der Waals surface area contributed by atoms with Gasteiger partial charge in [0, 0.05) is 10.6 Å². The quantitative estimate of drug-likeness (QED) is 0.760. The molecule has 0 aliphatic rings. The number of amides is 3. The highest BCUT2D eigenvalue weighted by Crippen LogP contribution is 2.33. The molecular formula is C16H13Cl3N2O2. The van der Waals surface area contributed by atoms with Crippen molar-refractivity contribution in [3.05, 3.63) is 62.1 Å². The fraction of sp³-hybridized carbons (Fsp3) is 0.125. The second-order valence-corrected chi connectivity index (χ2v) is 6.17. The SMILES string of the molecule is Cc1cccc(C)c1C(=O)NC(=O)Nc1c(Cl)cc(Cl)cc1Cl. The van der Waals surface area contributed by atoms with Gasteiger partial charge in [-0.3, -0.25) is 10.1 Å². The number of urea groups is 1. The lowest BCUT2D eigenvalue weighted by molar-refractivity contribution is 0.0966. The average Bonchev–Trinajstić information content (AvgIpc) is 2.42. The summed E-state index contributed by atoms with van der Waals surface area (Å²) in [6.07, 6.45) is 0. The molecular weight excluding hydrogens is 359 g/mol. The smallest absolute Gasteiger partial charge is 0.305 e. The van der Waals surface area contributed by atoms with Crippen LogP contribution in [0.15, 0.2) is 30.3 Å². The molecule has 7 heteroatoms. The Morgan fingerprint density at radius 1 is 0.957 bits per heavy atom. The Morgan fingerprint density at radius 3 is 2.00 bits per heavy atom. The van der Waals surface area contributed by atoms with Crippen LogP contribution in [0.4, 0.5) is 10.5 Å². The van der Waals surface area contributed by atoms with Gasteiger partial charge in [0.2, 0.25) is 0 Å². The van der Waals surface area contributed by atoms with E-state index in [0.29, 0.717) is 10.6 Å². The summed E-state index contributed by atoms with van der Waals surface area (Å²) in [5.41, 5.74) is 2.19. The van der Waals surface area contributed by atoms with E-state index in [1.807, 2.05) is 6.07 Å². The van der Waals surface area contributed by atoms with E-state index in [4.69, 9.17) is 34.8 Å². The number of carbonyl (C=O) groups is 2. The molecule has 2 N–H and O–H groups in total. The molecule has 23 heavy (non-hydrogen) atoms. The van der Waals surface area contributed by atoms with Crippen LogP contribution in [0.1, 0.15) is 21.5 Å². The van der Waals surface area contributed by atoms with E-state index in [1.54, 1.807) is 26.0 Å². The standard InChI is InChI=1S/C16H13Cl3N2O2/c1-8-4-3-5-9(2)13(8)15(22)21-16(23)20-14-11(18)6-10(17)7-12(14)19/h3-7H,1-2H3,(H2,20,21,22,23). The number of anilines is 1. The van der Waals surface area contributed by atoms with E-state index < -0.39 is 11.9 Å². The van der Waals surface area contributed by atoms with Crippen LogP contribution >= 0.6 is 34.8 Å². The van der Waals surface area contributed by atoms with Crippen LogP contribution in [-0.4, -0.2) is 11.9 Å². The molecule has 120 valence electrons. The molecule has 2 aromatic rings. The van der Waals surface area contributed by atoms with Crippen molar-refractivity contribution in [3.63, 3.8) is 0 Å². The number of aryl methyl sites for hydroxylation is 2. The number of imide groups is 1. The maximum absolute atomic E-state index is 12.3. The summed E-state index contributed by atoms with van der Waals surface area (Å²) in [5, 5.41) is 5.41. The van der Waals surface area contributed by atoms with Crippen molar-refractivity contribution in [3.8, 4) is 0 Å². The highest BCUT2D eigenvalue weighted by molar-refractivity contribution is 6.42. The minimum Gasteiger partial charge on any atom is -0.305 e. The predicted molar refractivity (Wildman–Crippen MR) is 93.9 cm³/mol. The molecule has 3 amide bonds. The Labute approximate surface area is 148 Å². The van der Waals surface area contributed by atoms with E-state index in [0.717, 1.165) is 11.1 Å². The first kappa shape index (κ1) is 17.6. The van der Waals surface area contributed by atoms with Crippen molar-refractivity contribution >= 4 is 52.4 Å². The molecule has 0 radical (unpaired) electrons. The van der Waals surface area contributed by atoms with Crippen LogP contribution in [0.25, 0.3) is 0 Å². The third-order valence-electron chi connectivity index (χ3n) is 3.18. The van der Waals surface area contributed by atoms with Gasteiger partial charge in [0.05, 0.1) is 15.7 Å². The fourth-order valence-electron chi connectivity index (χ4n) is 2.14. The largest absolute Gasteiger partial charge is 0.326 e. The van der Waals surface area contributed by atoms with Crippen molar-refractivity contribution in [2.75, 3.05) is 5.32 Å². The number of halogens is 3. The number of rotatable bonds is 2. The van der Waals surface area contributed by atoms with Crippen molar-refractivity contribution in [2.24, 2.45) is 0 Å². The van der Waals surface area contributed by atoms with Gasteiger partial charge in [-0.2, -0.15) is 0 Å². The molecule has 0 atom stereocenters. The van der Waals surface area contributed by atoms with Gasteiger partial charge < -0.3 is 5.32 Å². The Balaban J connectivity index is 2.16. The molecule has 0 aliphatic heterocycles. The highest BCUT2D eigenvalue weighted by Gasteiger charge is 2.17. The number of hydrogen-bond donors (Lipinski definition) is 2. The monoisotopic (exact) mass is 370 g/mol. The average molecular weight is 372 g/mol. The first-order valence-electron chi connectivity index (χ1n) is 6.62. The third-order valence-corrected chi connectivity index (χ3v) is 4.00. The van der Waals surface area contributed by atoms with E-state index >= 15 is 0 Å². The summed E-state index contributed by atoms with van der Waals surface area (Å²) in [5.74, 6) is -0.501. The molecule has 0 saturated heterocycles. The molecule has 0 aliphatic carbocycles. The molecule has 2 rings (SSSR count). The number of carbonyl (C=O) groups excluding carboxylic acids is 2. The fourth-order valence-corrected chi connectivity index (χ4v) is 3.06. The lowest BCUT2D eigenvalue weighted by Crippen LogP contribution is -2.35. The second-order valence-electron chi connectivity index (χ2n) is 4.92. The minimum absolute atomic E-state index is 0.178. The van der Waals surface area contributed by atoms with Crippen LogP contribution < -0.4 is 10.6 Å². The van der Waals surface area contributed by atoms with E-state index in [1.165, 1.54) is 12.1 Å². The van der Waals surface area contributed by atoms with Crippen molar-refractivity contribution < 1.29 is 9.59 Å². The predicted octanol–water partition coefficient (Wildman–Crippen LogP) is 5.23. The van der Waals surface area contributed by atoms with Gasteiger partial charge in [0.25, 0.3) is 5.91 Å². The van der Waals surface area contributed by atoms with Crippen molar-refractivity contribution in [2.45, 2.75) is 13.8 Å². The number of hydrogen-bond acceptors (Lipinski definition) is 2. The van der Waals surface area contributed by atoms with Gasteiger partial charge in [-0.15, -0.1) is 0 Å². The van der Waals surface area contributed by atoms with Crippen molar-refractivity contribution in [1.82, 2.24) is 5.32 Å². The van der Waals surface area contributed by atoms with E-state index in [9.17, 15) is 9.59 Å². The molecule has 0 unspecified atom stereocenters. The third kappa shape index (κ3) is 4.16. The van der Waals surface area contributed by atoms with Gasteiger partial charge in [-0.05, 0) is 37.1 Å². The molecule has 0 fully saturated rings. The van der Waals surface area contributed by atoms with Crippen LogP contribution in [0.2, 0.25) is 15.1 Å². The summed E-state index contributed by atoms with van der Waals surface area (Å²) in [6, 6.07) is 7.59. The van der Waals surface area contributed by atoms with Crippen molar-refractivity contribution in [1.29, 1.82) is 0 Å². The summed E-state index contributed by atoms with van der Waals surface area (Å²) >= 11 is 17.8. The highest BCUT2D eigenvalue weighted by atomic mass is 35.5. The van der Waals surface area contributed by atoms with Gasteiger partial charge in [0.15, 0.2) is 0 Å². The lowest BCUT2D eigenvalue weighted by atomic mass is 10.0. The number of nitrogens with one attached hydrogen (secondary N) is 2. The van der Waals surface area contributed by atoms with E-state index in [-0.39, 0.29) is 15.7 Å². The Bertz CT molecular complexity index is 748. The first-order valence-corrected chi connectivity index (χ1v) is 7.76. The zero-order valence-corrected chi connectivity index (χ0v) is 14.6. The summed E-state index contributed by atoms with van der Waals surface area (Å²) in [4.78, 5) is 24.3. The number of benzene rings is 2. The van der Waals surface area contributed by atoms with Crippen LogP contribution in [0, 0.1) is 13.8 Å². The first-order chi connectivity index (χ1) is 10.8. The maximum Gasteiger partial charge on any atom is 0.326 e. The van der Waals surface area contributed by atoms with Gasteiger partial charge >= 0.3 is 6.03 Å². The molecule has 0 heterocycles. The normalized spacial score (nSPS) is 10.3. The zero-order chi connectivity index (χ0) is 17.1. The van der Waals surface area contributed by atoms with Crippen LogP contribution in [0.5, 0.6) is 0 Å². The second kappa shape index (κ2) is 7.21. The summed E-state index contributed by atoms with van der Waals surface area (Å²) in [6.45, 7) is 3.60. The summed E-state index contributed by atoms with van der Waals surface area (Å²) in [7, 11) is 0. The Hall–Kier alpha value is -1.75. The molecule has 4 nitrogen and oxygen atoms in total. The molecule has 0 saturated carbocycles. The van der Waals surface area contributed by atoms with E-state index in [2.05, 4.69) is 10.6 Å². The van der Waals surface area contributed by atoms with Gasteiger partial charge in [-0.1, -0.05) is 53.0 Å². The molecule has 0 spiro atoms.